The number of methoxy groups -OCH3 is 1. The summed E-state index contributed by atoms with van der Waals surface area (Å²) in [5.41, 5.74) is 0.929. The molecule has 0 N–H and O–H groups in total. The number of carbonyl (C=O) groups excluding carboxylic acids is 2. The van der Waals surface area contributed by atoms with Crippen molar-refractivity contribution in [2.24, 2.45) is 0 Å². The topological polar surface area (TPSA) is 83.5 Å². The smallest absolute Gasteiger partial charge is 0.338 e. The summed E-state index contributed by atoms with van der Waals surface area (Å²) in [6, 6.07) is 11.9. The maximum atomic E-state index is 12.3. The standard InChI is InChI=1S/C26H31NO7/c1-18(17-32-24-6-3-4-13-31-24)33-22-14-20(26(29)30-2)15-23(16-22)34-21-9-7-19(8-10-21)25(28)27-11-5-12-27/h7-10,14-16,18,24H,3-6,11-13,17H2,1-2H3/t18-,24?/m0/s1. The van der Waals surface area contributed by atoms with Crippen molar-refractivity contribution < 1.29 is 33.3 Å². The summed E-state index contributed by atoms with van der Waals surface area (Å²) in [7, 11) is 1.32. The Kier molecular flexibility index (Phi) is 8.03. The Morgan fingerprint density at radius 1 is 1.00 bits per heavy atom. The van der Waals surface area contributed by atoms with Gasteiger partial charge in [-0.25, -0.2) is 4.79 Å². The monoisotopic (exact) mass is 469 g/mol. The Hall–Kier alpha value is -3.10. The highest BCUT2D eigenvalue weighted by atomic mass is 16.7. The average Bonchev–Trinajstić information content (AvgIpc) is 2.82. The predicted molar refractivity (Wildman–Crippen MR) is 124 cm³/mol. The van der Waals surface area contributed by atoms with E-state index in [0.29, 0.717) is 35.0 Å². The molecule has 2 atom stereocenters. The predicted octanol–water partition coefficient (Wildman–Crippen LogP) is 4.42. The van der Waals surface area contributed by atoms with Crippen molar-refractivity contribution in [2.75, 3.05) is 33.4 Å². The molecule has 1 amide bonds. The molecule has 4 rings (SSSR count). The molecular formula is C26H31NO7. The van der Waals surface area contributed by atoms with E-state index in [1.807, 2.05) is 11.8 Å². The van der Waals surface area contributed by atoms with Crippen LogP contribution in [0.25, 0.3) is 0 Å². The second-order valence-corrected chi connectivity index (χ2v) is 8.51. The first-order valence-electron chi connectivity index (χ1n) is 11.7. The van der Waals surface area contributed by atoms with Gasteiger partial charge in [0.25, 0.3) is 5.91 Å². The van der Waals surface area contributed by atoms with E-state index in [2.05, 4.69) is 0 Å². The van der Waals surface area contributed by atoms with Gasteiger partial charge in [-0.3, -0.25) is 4.79 Å². The van der Waals surface area contributed by atoms with Crippen molar-refractivity contribution in [2.45, 2.75) is 45.0 Å². The summed E-state index contributed by atoms with van der Waals surface area (Å²) in [5, 5.41) is 0. The Balaban J connectivity index is 1.42. The number of benzene rings is 2. The van der Waals surface area contributed by atoms with Crippen LogP contribution in [0, 0.1) is 0 Å². The molecule has 0 aliphatic carbocycles. The molecule has 2 aliphatic heterocycles. The van der Waals surface area contributed by atoms with Crippen LogP contribution in [0.3, 0.4) is 0 Å². The SMILES string of the molecule is COC(=O)c1cc(Oc2ccc(C(=O)N3CCC3)cc2)cc(O[C@@H](C)COC2CCCCO2)c1. The summed E-state index contributed by atoms with van der Waals surface area (Å²) in [6.45, 7) is 4.57. The molecule has 1 unspecified atom stereocenters. The zero-order chi connectivity index (χ0) is 23.9. The van der Waals surface area contributed by atoms with Gasteiger partial charge >= 0.3 is 5.97 Å². The fourth-order valence-corrected chi connectivity index (χ4v) is 3.79. The maximum absolute atomic E-state index is 12.3. The van der Waals surface area contributed by atoms with Gasteiger partial charge < -0.3 is 28.6 Å². The van der Waals surface area contributed by atoms with Crippen molar-refractivity contribution in [3.63, 3.8) is 0 Å². The van der Waals surface area contributed by atoms with Crippen molar-refractivity contribution in [1.82, 2.24) is 4.90 Å². The molecule has 0 spiro atoms. The summed E-state index contributed by atoms with van der Waals surface area (Å²) >= 11 is 0. The van der Waals surface area contributed by atoms with E-state index >= 15 is 0 Å². The average molecular weight is 470 g/mol. The van der Waals surface area contributed by atoms with Gasteiger partial charge in [-0.2, -0.15) is 0 Å². The molecule has 2 fully saturated rings. The minimum Gasteiger partial charge on any atom is -0.488 e. The lowest BCUT2D eigenvalue weighted by Gasteiger charge is -2.30. The molecule has 0 aromatic heterocycles. The zero-order valence-corrected chi connectivity index (χ0v) is 19.7. The van der Waals surface area contributed by atoms with Crippen LogP contribution in [0.2, 0.25) is 0 Å². The van der Waals surface area contributed by atoms with Crippen LogP contribution in [0.1, 0.15) is 53.3 Å². The molecule has 8 heteroatoms. The highest BCUT2D eigenvalue weighted by molar-refractivity contribution is 5.94. The first-order valence-corrected chi connectivity index (χ1v) is 11.7. The lowest BCUT2D eigenvalue weighted by Crippen LogP contribution is -2.41. The van der Waals surface area contributed by atoms with Crippen LogP contribution in [-0.4, -0.2) is 62.6 Å². The molecule has 182 valence electrons. The van der Waals surface area contributed by atoms with Gasteiger partial charge in [0, 0.05) is 31.3 Å². The van der Waals surface area contributed by atoms with E-state index in [9.17, 15) is 9.59 Å². The lowest BCUT2D eigenvalue weighted by atomic mass is 10.1. The Bertz CT molecular complexity index is 981. The largest absolute Gasteiger partial charge is 0.488 e. The molecule has 2 aromatic carbocycles. The fourth-order valence-electron chi connectivity index (χ4n) is 3.79. The molecule has 0 saturated carbocycles. The first-order chi connectivity index (χ1) is 16.5. The minimum atomic E-state index is -0.495. The molecule has 0 radical (unpaired) electrons. The number of hydrogen-bond donors (Lipinski definition) is 0. The minimum absolute atomic E-state index is 0.0241. The molecule has 0 bridgehead atoms. The van der Waals surface area contributed by atoms with Crippen molar-refractivity contribution in [3.05, 3.63) is 53.6 Å². The molecule has 2 heterocycles. The molecule has 8 nitrogen and oxygen atoms in total. The Labute approximate surface area is 199 Å². The number of amides is 1. The third-order valence-corrected chi connectivity index (χ3v) is 5.77. The summed E-state index contributed by atoms with van der Waals surface area (Å²) in [5.74, 6) is 0.951. The van der Waals surface area contributed by atoms with E-state index in [4.69, 9.17) is 23.7 Å². The highest BCUT2D eigenvalue weighted by Crippen LogP contribution is 2.29. The molecule has 2 aliphatic rings. The molecule has 2 saturated heterocycles. The summed E-state index contributed by atoms with van der Waals surface area (Å²) in [4.78, 5) is 26.3. The van der Waals surface area contributed by atoms with E-state index in [0.717, 1.165) is 45.4 Å². The van der Waals surface area contributed by atoms with Crippen LogP contribution in [0.4, 0.5) is 0 Å². The highest BCUT2D eigenvalue weighted by Gasteiger charge is 2.21. The molecular weight excluding hydrogens is 438 g/mol. The van der Waals surface area contributed by atoms with Crippen molar-refractivity contribution in [1.29, 1.82) is 0 Å². The van der Waals surface area contributed by atoms with Crippen LogP contribution in [-0.2, 0) is 14.2 Å². The Morgan fingerprint density at radius 2 is 1.76 bits per heavy atom. The number of ether oxygens (including phenoxy) is 5. The van der Waals surface area contributed by atoms with E-state index in [-0.39, 0.29) is 18.3 Å². The van der Waals surface area contributed by atoms with Crippen molar-refractivity contribution >= 4 is 11.9 Å². The third kappa shape index (κ3) is 6.27. The van der Waals surface area contributed by atoms with E-state index < -0.39 is 5.97 Å². The number of rotatable bonds is 9. The number of nitrogens with zero attached hydrogens (tertiary/aromatic N) is 1. The van der Waals surface area contributed by atoms with Crippen LogP contribution in [0.5, 0.6) is 17.2 Å². The normalized spacial score (nSPS) is 18.5. The molecule has 2 aromatic rings. The van der Waals surface area contributed by atoms with Gasteiger partial charge in [-0.05, 0) is 69.0 Å². The van der Waals surface area contributed by atoms with Gasteiger partial charge in [0.1, 0.15) is 23.4 Å². The van der Waals surface area contributed by atoms with Gasteiger partial charge in [-0.1, -0.05) is 0 Å². The van der Waals surface area contributed by atoms with Gasteiger partial charge in [0.15, 0.2) is 6.29 Å². The van der Waals surface area contributed by atoms with Gasteiger partial charge in [-0.15, -0.1) is 0 Å². The first kappa shape index (κ1) is 24.0. The molecule has 34 heavy (non-hydrogen) atoms. The van der Waals surface area contributed by atoms with Crippen LogP contribution >= 0.6 is 0 Å². The number of esters is 1. The second kappa shape index (κ2) is 11.4. The quantitative estimate of drug-likeness (QED) is 0.503. The summed E-state index contributed by atoms with van der Waals surface area (Å²) in [6.07, 6.45) is 3.62. The van der Waals surface area contributed by atoms with Crippen molar-refractivity contribution in [3.8, 4) is 17.2 Å². The van der Waals surface area contributed by atoms with E-state index in [1.165, 1.54) is 7.11 Å². The van der Waals surface area contributed by atoms with E-state index in [1.54, 1.807) is 42.5 Å². The summed E-state index contributed by atoms with van der Waals surface area (Å²) < 4.78 is 28.2. The zero-order valence-electron chi connectivity index (χ0n) is 19.7. The van der Waals surface area contributed by atoms with Crippen LogP contribution in [0.15, 0.2) is 42.5 Å². The van der Waals surface area contributed by atoms with Gasteiger partial charge in [0.05, 0.1) is 19.3 Å². The maximum Gasteiger partial charge on any atom is 0.338 e. The van der Waals surface area contributed by atoms with Crippen LogP contribution < -0.4 is 9.47 Å². The number of carbonyl (C=O) groups is 2. The lowest BCUT2D eigenvalue weighted by molar-refractivity contribution is -0.171. The van der Waals surface area contributed by atoms with Gasteiger partial charge in [0.2, 0.25) is 0 Å². The Morgan fingerprint density at radius 3 is 2.41 bits per heavy atom. The third-order valence-electron chi connectivity index (χ3n) is 5.77. The number of hydrogen-bond acceptors (Lipinski definition) is 7. The second-order valence-electron chi connectivity index (χ2n) is 8.51. The fraction of sp³-hybridized carbons (Fsp3) is 0.462. The number of likely N-dealkylation sites (tertiary alicyclic amines) is 1.